The summed E-state index contributed by atoms with van der Waals surface area (Å²) in [7, 11) is 0. The highest BCUT2D eigenvalue weighted by Crippen LogP contribution is 2.21. The molecule has 0 saturated heterocycles. The molecule has 0 unspecified atom stereocenters. The molecule has 0 spiro atoms. The SMILES string of the molecule is CC(C)(C)OC(=O)c1ccc(Cc2[nH]c(=O)cc3ccc(C#CCn4ccnn4)cc23)cc1. The zero-order valence-electron chi connectivity index (χ0n) is 18.8. The molecule has 0 aliphatic rings. The van der Waals surface area contributed by atoms with Gasteiger partial charge in [0.05, 0.1) is 11.8 Å². The average Bonchev–Trinajstić information content (AvgIpc) is 3.27. The zero-order chi connectivity index (χ0) is 23.4. The van der Waals surface area contributed by atoms with Crippen LogP contribution in [0.3, 0.4) is 0 Å². The Bertz CT molecular complexity index is 1400. The van der Waals surface area contributed by atoms with Gasteiger partial charge in [0, 0.05) is 35.3 Å². The van der Waals surface area contributed by atoms with Crippen molar-refractivity contribution in [1.29, 1.82) is 0 Å². The molecule has 4 aromatic rings. The van der Waals surface area contributed by atoms with Crippen LogP contribution in [0.5, 0.6) is 0 Å². The smallest absolute Gasteiger partial charge is 0.338 e. The van der Waals surface area contributed by atoms with Crippen molar-refractivity contribution < 1.29 is 9.53 Å². The van der Waals surface area contributed by atoms with E-state index in [0.29, 0.717) is 18.5 Å². The van der Waals surface area contributed by atoms with E-state index in [-0.39, 0.29) is 11.5 Å². The lowest BCUT2D eigenvalue weighted by Gasteiger charge is -2.19. The van der Waals surface area contributed by atoms with E-state index in [0.717, 1.165) is 27.6 Å². The summed E-state index contributed by atoms with van der Waals surface area (Å²) in [5, 5.41) is 9.44. The lowest BCUT2D eigenvalue weighted by Crippen LogP contribution is -2.23. The number of pyridine rings is 1. The number of aromatic nitrogens is 4. The predicted molar refractivity (Wildman–Crippen MR) is 126 cm³/mol. The molecule has 2 aromatic carbocycles. The van der Waals surface area contributed by atoms with Crippen LogP contribution in [0.25, 0.3) is 10.8 Å². The number of fused-ring (bicyclic) bond motifs is 1. The topological polar surface area (TPSA) is 89.9 Å². The van der Waals surface area contributed by atoms with Gasteiger partial charge in [-0.3, -0.25) is 4.79 Å². The van der Waals surface area contributed by atoms with Crippen molar-refractivity contribution >= 4 is 16.7 Å². The van der Waals surface area contributed by atoms with Crippen LogP contribution in [0.1, 0.15) is 48.0 Å². The lowest BCUT2D eigenvalue weighted by molar-refractivity contribution is 0.00695. The number of nitrogens with zero attached hydrogens (tertiary/aromatic N) is 3. The largest absolute Gasteiger partial charge is 0.456 e. The number of aromatic amines is 1. The van der Waals surface area contributed by atoms with Gasteiger partial charge in [-0.1, -0.05) is 35.3 Å². The predicted octanol–water partition coefficient (Wildman–Crippen LogP) is 3.72. The van der Waals surface area contributed by atoms with Crippen molar-refractivity contribution in [3.63, 3.8) is 0 Å². The Morgan fingerprint density at radius 1 is 1.12 bits per heavy atom. The Labute approximate surface area is 191 Å². The summed E-state index contributed by atoms with van der Waals surface area (Å²) >= 11 is 0. The van der Waals surface area contributed by atoms with Crippen LogP contribution in [-0.4, -0.2) is 31.5 Å². The first-order valence-electron chi connectivity index (χ1n) is 10.6. The molecular formula is C26H24N4O3. The number of hydrogen-bond donors (Lipinski definition) is 1. The molecule has 7 heteroatoms. The standard InChI is InChI=1S/C26H24N4O3/c1-26(2,3)33-25(32)20-9-6-19(7-10-20)16-23-22-15-18(5-4-13-30-14-12-27-29-30)8-11-21(22)17-24(31)28-23/h6-12,14-15,17H,13,16H2,1-3H3,(H,28,31). The van der Waals surface area contributed by atoms with E-state index in [1.54, 1.807) is 35.3 Å². The summed E-state index contributed by atoms with van der Waals surface area (Å²) in [5.74, 6) is 5.85. The van der Waals surface area contributed by atoms with Crippen molar-refractivity contribution in [3.8, 4) is 11.8 Å². The van der Waals surface area contributed by atoms with Gasteiger partial charge in [0.15, 0.2) is 0 Å². The van der Waals surface area contributed by atoms with Gasteiger partial charge < -0.3 is 9.72 Å². The molecule has 0 atom stereocenters. The van der Waals surface area contributed by atoms with Gasteiger partial charge in [0.1, 0.15) is 12.1 Å². The summed E-state index contributed by atoms with van der Waals surface area (Å²) in [6.45, 7) is 5.95. The van der Waals surface area contributed by atoms with E-state index in [9.17, 15) is 9.59 Å². The molecule has 0 radical (unpaired) electrons. The van der Waals surface area contributed by atoms with Crippen LogP contribution in [0, 0.1) is 11.8 Å². The van der Waals surface area contributed by atoms with Gasteiger partial charge in [0.25, 0.3) is 0 Å². The molecule has 4 rings (SSSR count). The third-order valence-electron chi connectivity index (χ3n) is 4.85. The Hall–Kier alpha value is -4.18. The minimum atomic E-state index is -0.548. The van der Waals surface area contributed by atoms with E-state index in [1.807, 2.05) is 51.1 Å². The maximum atomic E-state index is 12.3. The molecule has 2 heterocycles. The monoisotopic (exact) mass is 440 g/mol. The average molecular weight is 441 g/mol. The molecule has 2 aromatic heterocycles. The summed E-state index contributed by atoms with van der Waals surface area (Å²) < 4.78 is 7.07. The van der Waals surface area contributed by atoms with E-state index >= 15 is 0 Å². The fourth-order valence-corrected chi connectivity index (χ4v) is 3.39. The Balaban J connectivity index is 1.58. The molecule has 7 nitrogen and oxygen atoms in total. The molecule has 0 saturated carbocycles. The molecule has 0 aliphatic carbocycles. The second-order valence-corrected chi connectivity index (χ2v) is 8.69. The molecule has 166 valence electrons. The van der Waals surface area contributed by atoms with Crippen LogP contribution in [0.2, 0.25) is 0 Å². The third-order valence-corrected chi connectivity index (χ3v) is 4.85. The first kappa shape index (κ1) is 22.0. The second-order valence-electron chi connectivity index (χ2n) is 8.69. The minimum absolute atomic E-state index is 0.159. The normalized spacial score (nSPS) is 11.1. The summed E-state index contributed by atoms with van der Waals surface area (Å²) in [5.41, 5.74) is 2.39. The van der Waals surface area contributed by atoms with Crippen molar-refractivity contribution in [2.45, 2.75) is 39.3 Å². The maximum absolute atomic E-state index is 12.3. The van der Waals surface area contributed by atoms with Crippen LogP contribution >= 0.6 is 0 Å². The van der Waals surface area contributed by atoms with Gasteiger partial charge in [-0.2, -0.15) is 0 Å². The Morgan fingerprint density at radius 3 is 2.61 bits per heavy atom. The maximum Gasteiger partial charge on any atom is 0.338 e. The third kappa shape index (κ3) is 5.74. The first-order chi connectivity index (χ1) is 15.8. The molecule has 0 fully saturated rings. The Kier molecular flexibility index (Phi) is 6.09. The zero-order valence-corrected chi connectivity index (χ0v) is 18.8. The number of hydrogen-bond acceptors (Lipinski definition) is 5. The molecule has 0 aliphatic heterocycles. The lowest BCUT2D eigenvalue weighted by atomic mass is 10.0. The van der Waals surface area contributed by atoms with Crippen molar-refractivity contribution in [3.05, 3.63) is 93.7 Å². The van der Waals surface area contributed by atoms with Crippen LogP contribution < -0.4 is 5.56 Å². The van der Waals surface area contributed by atoms with Gasteiger partial charge in [-0.15, -0.1) is 5.10 Å². The van der Waals surface area contributed by atoms with Gasteiger partial charge in [-0.05, 0) is 56.0 Å². The number of rotatable bonds is 4. The van der Waals surface area contributed by atoms with Crippen molar-refractivity contribution in [2.75, 3.05) is 0 Å². The van der Waals surface area contributed by atoms with Crippen LogP contribution in [0.15, 0.2) is 65.7 Å². The molecule has 0 amide bonds. The van der Waals surface area contributed by atoms with Crippen LogP contribution in [0.4, 0.5) is 0 Å². The number of benzene rings is 2. The minimum Gasteiger partial charge on any atom is -0.456 e. The van der Waals surface area contributed by atoms with E-state index in [1.165, 1.54) is 0 Å². The number of nitrogens with one attached hydrogen (secondary N) is 1. The number of ether oxygens (including phenoxy) is 1. The fraction of sp³-hybridized carbons (Fsp3) is 0.231. The fourth-order valence-electron chi connectivity index (χ4n) is 3.39. The number of H-pyrrole nitrogens is 1. The highest BCUT2D eigenvalue weighted by Gasteiger charge is 2.17. The molecule has 33 heavy (non-hydrogen) atoms. The van der Waals surface area contributed by atoms with Gasteiger partial charge >= 0.3 is 5.97 Å². The molecule has 0 bridgehead atoms. The molecular weight excluding hydrogens is 416 g/mol. The van der Waals surface area contributed by atoms with Gasteiger partial charge in [0.2, 0.25) is 5.56 Å². The molecule has 1 N–H and O–H groups in total. The second kappa shape index (κ2) is 9.13. The van der Waals surface area contributed by atoms with Crippen molar-refractivity contribution in [2.24, 2.45) is 0 Å². The number of carbonyl (C=O) groups is 1. The van der Waals surface area contributed by atoms with Crippen molar-refractivity contribution in [1.82, 2.24) is 20.0 Å². The summed E-state index contributed by atoms with van der Waals surface area (Å²) in [6.07, 6.45) is 3.88. The quantitative estimate of drug-likeness (QED) is 0.386. The number of esters is 1. The first-order valence-corrected chi connectivity index (χ1v) is 10.6. The summed E-state index contributed by atoms with van der Waals surface area (Å²) in [4.78, 5) is 27.4. The highest BCUT2D eigenvalue weighted by molar-refractivity contribution is 5.90. The van der Waals surface area contributed by atoms with E-state index < -0.39 is 5.60 Å². The van der Waals surface area contributed by atoms with E-state index in [4.69, 9.17) is 4.74 Å². The van der Waals surface area contributed by atoms with E-state index in [2.05, 4.69) is 27.1 Å². The number of carbonyl (C=O) groups excluding carboxylic acids is 1. The Morgan fingerprint density at radius 2 is 1.91 bits per heavy atom. The highest BCUT2D eigenvalue weighted by atomic mass is 16.6. The summed E-state index contributed by atoms with van der Waals surface area (Å²) in [6, 6.07) is 14.6. The van der Waals surface area contributed by atoms with Crippen LogP contribution in [-0.2, 0) is 17.7 Å². The van der Waals surface area contributed by atoms with Gasteiger partial charge in [-0.25, -0.2) is 9.48 Å².